The van der Waals surface area contributed by atoms with E-state index in [1.807, 2.05) is 0 Å². The highest BCUT2D eigenvalue weighted by Crippen LogP contribution is 2.42. The van der Waals surface area contributed by atoms with Crippen molar-refractivity contribution in [2.75, 3.05) is 0 Å². The minimum absolute atomic E-state index is 0.566. The van der Waals surface area contributed by atoms with Crippen molar-refractivity contribution in [1.82, 2.24) is 0 Å². The van der Waals surface area contributed by atoms with Crippen LogP contribution in [-0.2, 0) is 0 Å². The zero-order valence-corrected chi connectivity index (χ0v) is 9.86. The predicted octanol–water partition coefficient (Wildman–Crippen LogP) is 3.01. The molecule has 1 aliphatic heterocycles. The molecule has 86 valence electrons. The van der Waals surface area contributed by atoms with E-state index in [0.29, 0.717) is 12.1 Å². The summed E-state index contributed by atoms with van der Waals surface area (Å²) in [5.41, 5.74) is 2.82. The molecule has 0 spiro atoms. The Morgan fingerprint density at radius 1 is 0.688 bits per heavy atom. The molecule has 0 aromatic rings. The molecule has 0 N–H and O–H groups in total. The van der Waals surface area contributed by atoms with E-state index < -0.39 is 0 Å². The number of rotatable bonds is 0. The molecule has 4 unspecified atom stereocenters. The van der Waals surface area contributed by atoms with Crippen LogP contribution in [0.4, 0.5) is 0 Å². The molecule has 0 amide bonds. The second-order valence-corrected chi connectivity index (χ2v) is 6.08. The van der Waals surface area contributed by atoms with Gasteiger partial charge in [-0.2, -0.15) is 0 Å². The maximum Gasteiger partial charge on any atom is 0.0727 e. The van der Waals surface area contributed by atoms with Gasteiger partial charge in [0.15, 0.2) is 0 Å². The topological polar surface area (TPSA) is 24.7 Å². The fraction of sp³-hybridized carbons (Fsp3) is 0.857. The monoisotopic (exact) mass is 216 g/mol. The summed E-state index contributed by atoms with van der Waals surface area (Å²) < 4.78 is 0. The molecular weight excluding hydrogens is 196 g/mol. The minimum Gasteiger partial charge on any atom is -0.282 e. The van der Waals surface area contributed by atoms with Crippen molar-refractivity contribution in [2.24, 2.45) is 21.8 Å². The van der Waals surface area contributed by atoms with Crippen LogP contribution in [-0.4, -0.2) is 23.5 Å². The third-order valence-electron chi connectivity index (χ3n) is 5.15. The van der Waals surface area contributed by atoms with E-state index >= 15 is 0 Å². The Morgan fingerprint density at radius 3 is 1.75 bits per heavy atom. The fourth-order valence-electron chi connectivity index (χ4n) is 4.26. The second-order valence-electron chi connectivity index (χ2n) is 6.08. The first-order valence-corrected chi connectivity index (χ1v) is 7.04. The van der Waals surface area contributed by atoms with Crippen LogP contribution in [0.5, 0.6) is 0 Å². The van der Waals surface area contributed by atoms with Crippen molar-refractivity contribution in [3.63, 3.8) is 0 Å². The van der Waals surface area contributed by atoms with Gasteiger partial charge in [0.2, 0.25) is 0 Å². The lowest BCUT2D eigenvalue weighted by molar-refractivity contribution is 0.397. The van der Waals surface area contributed by atoms with Crippen LogP contribution in [0.15, 0.2) is 9.98 Å². The van der Waals surface area contributed by atoms with Gasteiger partial charge in [-0.25, -0.2) is 0 Å². The van der Waals surface area contributed by atoms with Crippen LogP contribution in [0.2, 0.25) is 0 Å². The molecule has 3 aliphatic carbocycles. The third kappa shape index (κ3) is 1.31. The quantitative estimate of drug-likeness (QED) is 0.594. The first kappa shape index (κ1) is 9.38. The first-order valence-electron chi connectivity index (χ1n) is 7.04. The maximum absolute atomic E-state index is 5.01. The van der Waals surface area contributed by atoms with Gasteiger partial charge in [0.25, 0.3) is 0 Å². The molecular formula is C14H20N2. The van der Waals surface area contributed by atoms with Gasteiger partial charge in [-0.3, -0.25) is 9.98 Å². The van der Waals surface area contributed by atoms with Gasteiger partial charge >= 0.3 is 0 Å². The lowest BCUT2D eigenvalue weighted by atomic mass is 9.78. The van der Waals surface area contributed by atoms with Crippen molar-refractivity contribution in [2.45, 2.75) is 63.5 Å². The normalized spacial score (nSPS) is 45.5. The van der Waals surface area contributed by atoms with Crippen LogP contribution in [0, 0.1) is 11.8 Å². The third-order valence-corrected chi connectivity index (χ3v) is 5.15. The molecule has 4 rings (SSSR count). The van der Waals surface area contributed by atoms with Crippen LogP contribution < -0.4 is 0 Å². The second kappa shape index (κ2) is 3.41. The van der Waals surface area contributed by atoms with Crippen molar-refractivity contribution in [1.29, 1.82) is 0 Å². The van der Waals surface area contributed by atoms with E-state index in [9.17, 15) is 0 Å². The van der Waals surface area contributed by atoms with Gasteiger partial charge in [0.05, 0.1) is 23.5 Å². The Kier molecular flexibility index (Phi) is 2.00. The van der Waals surface area contributed by atoms with Gasteiger partial charge < -0.3 is 0 Å². The Bertz CT molecular complexity index is 335. The predicted molar refractivity (Wildman–Crippen MR) is 66.4 cm³/mol. The number of aliphatic imine (C=N–C) groups is 2. The fourth-order valence-corrected chi connectivity index (χ4v) is 4.26. The van der Waals surface area contributed by atoms with Crippen LogP contribution >= 0.6 is 0 Å². The lowest BCUT2D eigenvalue weighted by Gasteiger charge is -2.32. The zero-order valence-electron chi connectivity index (χ0n) is 9.86. The average Bonchev–Trinajstić information content (AvgIpc) is 2.89. The van der Waals surface area contributed by atoms with Crippen LogP contribution in [0.25, 0.3) is 0 Å². The van der Waals surface area contributed by atoms with Gasteiger partial charge in [-0.1, -0.05) is 6.42 Å². The average molecular weight is 216 g/mol. The van der Waals surface area contributed by atoms with Gasteiger partial charge in [0, 0.05) is 0 Å². The van der Waals surface area contributed by atoms with E-state index in [0.717, 1.165) is 11.8 Å². The summed E-state index contributed by atoms with van der Waals surface area (Å²) >= 11 is 0. The number of nitrogens with zero attached hydrogens (tertiary/aromatic N) is 2. The Morgan fingerprint density at radius 2 is 1.19 bits per heavy atom. The molecule has 2 heteroatoms. The Hall–Kier alpha value is -0.660. The summed E-state index contributed by atoms with van der Waals surface area (Å²) in [7, 11) is 0. The summed E-state index contributed by atoms with van der Waals surface area (Å²) in [6.07, 6.45) is 10.8. The van der Waals surface area contributed by atoms with Crippen molar-refractivity contribution in [3.8, 4) is 0 Å². The molecule has 3 saturated carbocycles. The maximum atomic E-state index is 5.01. The van der Waals surface area contributed by atoms with E-state index in [4.69, 9.17) is 9.98 Å². The zero-order chi connectivity index (χ0) is 10.5. The SMILES string of the molecule is C1CC2CC3=NC4CCCC4N=C3CC2C1. The smallest absolute Gasteiger partial charge is 0.0727 e. The summed E-state index contributed by atoms with van der Waals surface area (Å²) in [6, 6.07) is 1.13. The van der Waals surface area contributed by atoms with E-state index in [1.54, 1.807) is 0 Å². The van der Waals surface area contributed by atoms with Crippen molar-refractivity contribution in [3.05, 3.63) is 0 Å². The van der Waals surface area contributed by atoms with E-state index in [1.165, 1.54) is 62.8 Å². The Labute approximate surface area is 97.3 Å². The van der Waals surface area contributed by atoms with Gasteiger partial charge in [-0.15, -0.1) is 0 Å². The summed E-state index contributed by atoms with van der Waals surface area (Å²) in [6.45, 7) is 0. The first-order chi connectivity index (χ1) is 7.90. The number of hydrogen-bond donors (Lipinski definition) is 0. The molecule has 1 heterocycles. The Balaban J connectivity index is 1.65. The van der Waals surface area contributed by atoms with Gasteiger partial charge in [0.1, 0.15) is 0 Å². The summed E-state index contributed by atoms with van der Waals surface area (Å²) in [5.74, 6) is 1.91. The summed E-state index contributed by atoms with van der Waals surface area (Å²) in [4.78, 5) is 10.0. The van der Waals surface area contributed by atoms with E-state index in [-0.39, 0.29) is 0 Å². The molecule has 4 aliphatic rings. The summed E-state index contributed by atoms with van der Waals surface area (Å²) in [5, 5.41) is 0. The molecule has 16 heavy (non-hydrogen) atoms. The van der Waals surface area contributed by atoms with Crippen molar-refractivity contribution < 1.29 is 0 Å². The standard InChI is InChI=1S/C14H20N2/c1-3-9-7-13-14(8-10(9)4-1)16-12-6-2-5-11(12)15-13/h9-12H,1-8H2. The molecule has 0 saturated heterocycles. The highest BCUT2D eigenvalue weighted by atomic mass is 15.0. The molecule has 0 bridgehead atoms. The minimum atomic E-state index is 0.566. The molecule has 0 aromatic carbocycles. The molecule has 4 atom stereocenters. The molecule has 3 fully saturated rings. The van der Waals surface area contributed by atoms with E-state index in [2.05, 4.69) is 0 Å². The van der Waals surface area contributed by atoms with Gasteiger partial charge in [-0.05, 0) is 56.8 Å². The lowest BCUT2D eigenvalue weighted by Crippen LogP contribution is -2.36. The largest absolute Gasteiger partial charge is 0.282 e. The highest BCUT2D eigenvalue weighted by Gasteiger charge is 2.39. The number of hydrogen-bond acceptors (Lipinski definition) is 2. The van der Waals surface area contributed by atoms with Crippen LogP contribution in [0.3, 0.4) is 0 Å². The highest BCUT2D eigenvalue weighted by molar-refractivity contribution is 6.43. The molecule has 0 aromatic heterocycles. The molecule has 2 nitrogen and oxygen atoms in total. The van der Waals surface area contributed by atoms with Crippen molar-refractivity contribution >= 4 is 11.4 Å². The number of fused-ring (bicyclic) bond motifs is 3. The molecule has 0 radical (unpaired) electrons. The van der Waals surface area contributed by atoms with Crippen LogP contribution in [0.1, 0.15) is 51.4 Å².